The van der Waals surface area contributed by atoms with Gasteiger partial charge in [-0.3, -0.25) is 0 Å². The molecule has 1 aliphatic heterocycles. The van der Waals surface area contributed by atoms with E-state index in [1.165, 1.54) is 41.0 Å². The Balaban J connectivity index is 1.97. The van der Waals surface area contributed by atoms with E-state index < -0.39 is 0 Å². The van der Waals surface area contributed by atoms with Crippen LogP contribution >= 0.6 is 11.3 Å². The molecule has 1 saturated heterocycles. The molecule has 1 aliphatic rings. The summed E-state index contributed by atoms with van der Waals surface area (Å²) >= 11 is 1.92. The fraction of sp³-hybridized carbons (Fsp3) is 0.625. The average molecular weight is 264 g/mol. The maximum Gasteiger partial charge on any atom is 0.0535 e. The summed E-state index contributed by atoms with van der Waals surface area (Å²) in [5, 5.41) is 0. The second-order valence-electron chi connectivity index (χ2n) is 5.47. The summed E-state index contributed by atoms with van der Waals surface area (Å²) in [6, 6.07) is 4.52. The zero-order valence-corrected chi connectivity index (χ0v) is 12.4. The third-order valence-corrected chi connectivity index (χ3v) is 4.88. The third kappa shape index (κ3) is 3.46. The highest BCUT2D eigenvalue weighted by atomic mass is 32.1. The maximum atomic E-state index is 5.65. The van der Waals surface area contributed by atoms with Crippen LogP contribution in [0.2, 0.25) is 0 Å². The van der Waals surface area contributed by atoms with E-state index in [9.17, 15) is 0 Å². The molecule has 1 fully saturated rings. The lowest BCUT2D eigenvalue weighted by atomic mass is 9.88. The summed E-state index contributed by atoms with van der Waals surface area (Å²) in [5.41, 5.74) is 1.29. The number of rotatable bonds is 5. The highest BCUT2D eigenvalue weighted by Gasteiger charge is 2.23. The quantitative estimate of drug-likeness (QED) is 0.744. The summed E-state index contributed by atoms with van der Waals surface area (Å²) in [4.78, 5) is 2.86. The lowest BCUT2D eigenvalue weighted by molar-refractivity contribution is 0.0395. The minimum absolute atomic E-state index is 0.520. The first kappa shape index (κ1) is 13.8. The number of unbranched alkanes of at least 4 members (excludes halogenated alkanes) is 1. The van der Waals surface area contributed by atoms with Gasteiger partial charge in [0.05, 0.1) is 6.61 Å². The van der Waals surface area contributed by atoms with Crippen LogP contribution in [0.4, 0.5) is 0 Å². The van der Waals surface area contributed by atoms with Crippen molar-refractivity contribution in [1.82, 2.24) is 0 Å². The lowest BCUT2D eigenvalue weighted by Crippen LogP contribution is -2.24. The van der Waals surface area contributed by atoms with Crippen molar-refractivity contribution < 1.29 is 4.74 Å². The Morgan fingerprint density at radius 2 is 2.28 bits per heavy atom. The molecule has 2 heterocycles. The van der Waals surface area contributed by atoms with E-state index in [1.54, 1.807) is 0 Å². The fourth-order valence-corrected chi connectivity index (χ4v) is 3.61. The van der Waals surface area contributed by atoms with Gasteiger partial charge in [-0.25, -0.2) is 0 Å². The Hall–Kier alpha value is -0.600. The van der Waals surface area contributed by atoms with Crippen LogP contribution in [0.25, 0.3) is 5.57 Å². The summed E-state index contributed by atoms with van der Waals surface area (Å²) in [7, 11) is 0. The van der Waals surface area contributed by atoms with Crippen molar-refractivity contribution in [3.63, 3.8) is 0 Å². The zero-order valence-electron chi connectivity index (χ0n) is 11.6. The van der Waals surface area contributed by atoms with Gasteiger partial charge in [-0.05, 0) is 42.9 Å². The fourth-order valence-electron chi connectivity index (χ4n) is 2.51. The predicted molar refractivity (Wildman–Crippen MR) is 80.1 cm³/mol. The molecule has 0 radical (unpaired) electrons. The van der Waals surface area contributed by atoms with Crippen molar-refractivity contribution >= 4 is 16.9 Å². The van der Waals surface area contributed by atoms with E-state index in [0.717, 1.165) is 13.2 Å². The molecule has 0 saturated carbocycles. The van der Waals surface area contributed by atoms with Gasteiger partial charge < -0.3 is 4.74 Å². The van der Waals surface area contributed by atoms with Gasteiger partial charge in [-0.2, -0.15) is 0 Å². The van der Waals surface area contributed by atoms with E-state index in [4.69, 9.17) is 4.74 Å². The van der Waals surface area contributed by atoms with Crippen molar-refractivity contribution in [2.75, 3.05) is 13.2 Å². The predicted octanol–water partition coefficient (Wildman–Crippen LogP) is 4.78. The monoisotopic (exact) mass is 264 g/mol. The first-order valence-corrected chi connectivity index (χ1v) is 7.88. The van der Waals surface area contributed by atoms with Gasteiger partial charge in [0.1, 0.15) is 0 Å². The summed E-state index contributed by atoms with van der Waals surface area (Å²) < 4.78 is 5.65. The third-order valence-electron chi connectivity index (χ3n) is 3.66. The van der Waals surface area contributed by atoms with E-state index in [-0.39, 0.29) is 0 Å². The first-order valence-electron chi connectivity index (χ1n) is 7.06. The smallest absolute Gasteiger partial charge is 0.0535 e. The SMILES string of the molecule is C=C(c1ccc(CCCC)s1)C1COCC(C)C1. The topological polar surface area (TPSA) is 9.23 Å². The molecule has 18 heavy (non-hydrogen) atoms. The highest BCUT2D eigenvalue weighted by Crippen LogP contribution is 2.34. The molecule has 1 aromatic rings. The second kappa shape index (κ2) is 6.53. The Kier molecular flexibility index (Phi) is 5.02. The van der Waals surface area contributed by atoms with E-state index >= 15 is 0 Å². The van der Waals surface area contributed by atoms with Crippen molar-refractivity contribution in [2.45, 2.75) is 39.5 Å². The maximum absolute atomic E-state index is 5.65. The molecule has 0 amide bonds. The van der Waals surface area contributed by atoms with Crippen LogP contribution in [0, 0.1) is 11.8 Å². The molecule has 2 rings (SSSR count). The van der Waals surface area contributed by atoms with Crippen LogP contribution in [-0.2, 0) is 11.2 Å². The standard InChI is InChI=1S/C16H24OS/c1-4-5-6-15-7-8-16(18-15)13(3)14-9-12(2)10-17-11-14/h7-8,12,14H,3-6,9-11H2,1-2H3. The van der Waals surface area contributed by atoms with Gasteiger partial charge in [0.2, 0.25) is 0 Å². The number of aryl methyl sites for hydroxylation is 1. The lowest BCUT2D eigenvalue weighted by Gasteiger charge is -2.28. The van der Waals surface area contributed by atoms with Gasteiger partial charge in [0.15, 0.2) is 0 Å². The van der Waals surface area contributed by atoms with Gasteiger partial charge in [0, 0.05) is 22.3 Å². The molecule has 0 aromatic carbocycles. The molecular formula is C16H24OS. The minimum Gasteiger partial charge on any atom is -0.381 e. The largest absolute Gasteiger partial charge is 0.381 e. The van der Waals surface area contributed by atoms with Crippen LogP contribution in [0.15, 0.2) is 18.7 Å². The Labute approximate surface area is 115 Å². The summed E-state index contributed by atoms with van der Waals surface area (Å²) in [6.45, 7) is 10.6. The number of hydrogen-bond donors (Lipinski definition) is 0. The molecule has 0 N–H and O–H groups in total. The van der Waals surface area contributed by atoms with E-state index in [1.807, 2.05) is 11.3 Å². The highest BCUT2D eigenvalue weighted by molar-refractivity contribution is 7.13. The Morgan fingerprint density at radius 3 is 3.00 bits per heavy atom. The second-order valence-corrected chi connectivity index (χ2v) is 6.64. The summed E-state index contributed by atoms with van der Waals surface area (Å²) in [6.07, 6.45) is 4.99. The molecule has 2 unspecified atom stereocenters. The van der Waals surface area contributed by atoms with Gasteiger partial charge in [-0.15, -0.1) is 11.3 Å². The molecule has 1 aromatic heterocycles. The molecule has 0 spiro atoms. The van der Waals surface area contributed by atoms with Crippen LogP contribution in [-0.4, -0.2) is 13.2 Å². The Morgan fingerprint density at radius 1 is 1.44 bits per heavy atom. The van der Waals surface area contributed by atoms with E-state index in [2.05, 4.69) is 32.6 Å². The normalized spacial score (nSPS) is 24.1. The first-order chi connectivity index (χ1) is 8.70. The van der Waals surface area contributed by atoms with Crippen LogP contribution < -0.4 is 0 Å². The molecular weight excluding hydrogens is 240 g/mol. The van der Waals surface area contributed by atoms with Crippen LogP contribution in [0.3, 0.4) is 0 Å². The van der Waals surface area contributed by atoms with Gasteiger partial charge >= 0.3 is 0 Å². The molecule has 2 heteroatoms. The number of hydrogen-bond acceptors (Lipinski definition) is 2. The van der Waals surface area contributed by atoms with Crippen molar-refractivity contribution in [3.8, 4) is 0 Å². The minimum atomic E-state index is 0.520. The van der Waals surface area contributed by atoms with E-state index in [0.29, 0.717) is 11.8 Å². The van der Waals surface area contributed by atoms with Crippen molar-refractivity contribution in [3.05, 3.63) is 28.5 Å². The van der Waals surface area contributed by atoms with Crippen molar-refractivity contribution in [2.24, 2.45) is 11.8 Å². The van der Waals surface area contributed by atoms with Crippen LogP contribution in [0.5, 0.6) is 0 Å². The molecule has 100 valence electrons. The van der Waals surface area contributed by atoms with Crippen molar-refractivity contribution in [1.29, 1.82) is 0 Å². The van der Waals surface area contributed by atoms with Gasteiger partial charge in [0.25, 0.3) is 0 Å². The molecule has 2 atom stereocenters. The summed E-state index contributed by atoms with van der Waals surface area (Å²) in [5.74, 6) is 1.19. The molecule has 1 nitrogen and oxygen atoms in total. The van der Waals surface area contributed by atoms with Gasteiger partial charge in [-0.1, -0.05) is 26.8 Å². The average Bonchev–Trinajstić information content (AvgIpc) is 2.84. The Bertz CT molecular complexity index is 394. The number of ether oxygens (including phenoxy) is 1. The zero-order chi connectivity index (χ0) is 13.0. The molecule has 0 aliphatic carbocycles. The number of thiophene rings is 1. The van der Waals surface area contributed by atoms with Crippen LogP contribution in [0.1, 0.15) is 42.9 Å². The molecule has 0 bridgehead atoms.